The topological polar surface area (TPSA) is 48.1 Å². The van der Waals surface area contributed by atoms with Crippen LogP contribution in [0.5, 0.6) is 5.88 Å². The summed E-state index contributed by atoms with van der Waals surface area (Å²) in [6.45, 7) is -0.937. The lowest BCUT2D eigenvalue weighted by molar-refractivity contribution is -0.276. The summed E-state index contributed by atoms with van der Waals surface area (Å²) in [6, 6.07) is -0.0502. The second-order valence-corrected chi connectivity index (χ2v) is 3.03. The smallest absolute Gasteiger partial charge is 0.387 e. The second kappa shape index (κ2) is 4.59. The van der Waals surface area contributed by atoms with E-state index in [1.807, 2.05) is 0 Å². The van der Waals surface area contributed by atoms with Gasteiger partial charge in [0.05, 0.1) is 5.56 Å². The highest BCUT2D eigenvalue weighted by Crippen LogP contribution is 2.36. The minimum atomic E-state index is -5.30. The number of alkyl halides is 6. The summed E-state index contributed by atoms with van der Waals surface area (Å²) >= 11 is 0. The van der Waals surface area contributed by atoms with Gasteiger partial charge in [0, 0.05) is 18.2 Å². The number of aromatic nitrogens is 1. The predicted octanol–water partition coefficient (Wildman–Crippen LogP) is 2.60. The molecule has 0 saturated carbocycles. The molecule has 18 heavy (non-hydrogen) atoms. The summed E-state index contributed by atoms with van der Waals surface area (Å²) in [5, 5.41) is 0. The number of rotatable bonds is 2. The molecule has 0 radical (unpaired) electrons. The Morgan fingerprint density at radius 1 is 1.17 bits per heavy atom. The Morgan fingerprint density at radius 2 is 1.72 bits per heavy atom. The summed E-state index contributed by atoms with van der Waals surface area (Å²) in [6.07, 6.45) is -10.4. The van der Waals surface area contributed by atoms with Crippen LogP contribution in [0.2, 0.25) is 0 Å². The third-order valence-corrected chi connectivity index (χ3v) is 1.78. The Labute approximate surface area is 95.4 Å². The molecule has 0 bridgehead atoms. The molecule has 0 amide bonds. The second-order valence-electron chi connectivity index (χ2n) is 3.03. The van der Waals surface area contributed by atoms with Crippen molar-refractivity contribution in [3.8, 4) is 5.88 Å². The number of nitrogens with zero attached hydrogens (tertiary/aromatic N) is 1. The van der Waals surface area contributed by atoms with Crippen LogP contribution in [-0.4, -0.2) is 11.3 Å². The van der Waals surface area contributed by atoms with Gasteiger partial charge in [0.2, 0.25) is 11.8 Å². The minimum absolute atomic E-state index is 0.0502. The third kappa shape index (κ3) is 3.45. The summed E-state index contributed by atoms with van der Waals surface area (Å²) in [5.41, 5.74) is 2.18. The molecule has 3 nitrogen and oxygen atoms in total. The van der Waals surface area contributed by atoms with E-state index in [4.69, 9.17) is 5.73 Å². The molecule has 0 aliphatic carbocycles. The summed E-state index contributed by atoms with van der Waals surface area (Å²) < 4.78 is 89.0. The lowest BCUT2D eigenvalue weighted by atomic mass is 10.1. The van der Waals surface area contributed by atoms with Gasteiger partial charge >= 0.3 is 12.5 Å². The van der Waals surface area contributed by atoms with Crippen LogP contribution < -0.4 is 10.5 Å². The normalized spacial score (nSPS) is 12.7. The van der Waals surface area contributed by atoms with Gasteiger partial charge in [0.25, 0.3) is 0 Å². The maximum absolute atomic E-state index is 12.8. The van der Waals surface area contributed by atoms with E-state index in [0.29, 0.717) is 0 Å². The molecule has 0 fully saturated rings. The van der Waals surface area contributed by atoms with Crippen LogP contribution in [0.3, 0.4) is 0 Å². The van der Waals surface area contributed by atoms with Crippen LogP contribution in [0.4, 0.5) is 30.7 Å². The van der Waals surface area contributed by atoms with Gasteiger partial charge in [-0.3, -0.25) is 0 Å². The molecule has 0 aromatic carbocycles. The van der Waals surface area contributed by atoms with Crippen LogP contribution in [0.25, 0.3) is 0 Å². The molecular formula is C8H5F7N2O. The van der Waals surface area contributed by atoms with Crippen LogP contribution in [0.1, 0.15) is 11.1 Å². The first-order valence-electron chi connectivity index (χ1n) is 4.27. The highest BCUT2D eigenvalue weighted by atomic mass is 19.4. The highest BCUT2D eigenvalue weighted by molar-refractivity contribution is 5.36. The Morgan fingerprint density at radius 3 is 2.11 bits per heavy atom. The number of ether oxygens (including phenoxy) is 1. The van der Waals surface area contributed by atoms with Crippen molar-refractivity contribution in [1.82, 2.24) is 4.98 Å². The summed E-state index contributed by atoms with van der Waals surface area (Å²) in [5.74, 6) is -3.30. The van der Waals surface area contributed by atoms with E-state index in [-0.39, 0.29) is 6.07 Å². The Hall–Kier alpha value is -1.58. The van der Waals surface area contributed by atoms with Crippen LogP contribution in [0.15, 0.2) is 6.07 Å². The molecule has 0 atom stereocenters. The summed E-state index contributed by atoms with van der Waals surface area (Å²) in [4.78, 5) is 2.61. The largest absolute Gasteiger partial charge is 0.574 e. The molecule has 0 unspecified atom stereocenters. The quantitative estimate of drug-likeness (QED) is 0.668. The van der Waals surface area contributed by atoms with E-state index < -0.39 is 42.0 Å². The molecule has 0 saturated heterocycles. The number of hydrogen-bond donors (Lipinski definition) is 1. The fourth-order valence-corrected chi connectivity index (χ4v) is 1.16. The van der Waals surface area contributed by atoms with E-state index in [1.165, 1.54) is 0 Å². The maximum atomic E-state index is 12.8. The van der Waals surface area contributed by atoms with Crippen LogP contribution in [0, 0.1) is 5.95 Å². The number of halogens is 7. The molecule has 1 rings (SSSR count). The van der Waals surface area contributed by atoms with Gasteiger partial charge in [-0.05, 0) is 0 Å². The molecule has 2 N–H and O–H groups in total. The average Bonchev–Trinajstić information content (AvgIpc) is 2.12. The van der Waals surface area contributed by atoms with Gasteiger partial charge in [0.1, 0.15) is 0 Å². The maximum Gasteiger partial charge on any atom is 0.574 e. The van der Waals surface area contributed by atoms with Gasteiger partial charge in [-0.1, -0.05) is 0 Å². The molecular weight excluding hydrogens is 273 g/mol. The molecule has 1 aromatic heterocycles. The van der Waals surface area contributed by atoms with Crippen molar-refractivity contribution in [2.75, 3.05) is 0 Å². The molecule has 0 aliphatic heterocycles. The fourth-order valence-electron chi connectivity index (χ4n) is 1.16. The van der Waals surface area contributed by atoms with Crippen molar-refractivity contribution in [3.63, 3.8) is 0 Å². The zero-order valence-electron chi connectivity index (χ0n) is 8.36. The van der Waals surface area contributed by atoms with E-state index in [1.54, 1.807) is 0 Å². The zero-order chi connectivity index (χ0) is 14.1. The van der Waals surface area contributed by atoms with E-state index in [2.05, 4.69) is 9.72 Å². The van der Waals surface area contributed by atoms with Crippen molar-refractivity contribution in [3.05, 3.63) is 23.1 Å². The zero-order valence-corrected chi connectivity index (χ0v) is 8.36. The van der Waals surface area contributed by atoms with Crippen molar-refractivity contribution in [1.29, 1.82) is 0 Å². The van der Waals surface area contributed by atoms with Gasteiger partial charge in [0.15, 0.2) is 0 Å². The van der Waals surface area contributed by atoms with E-state index >= 15 is 0 Å². The molecule has 102 valence electrons. The first-order chi connectivity index (χ1) is 8.04. The van der Waals surface area contributed by atoms with E-state index in [9.17, 15) is 30.7 Å². The third-order valence-electron chi connectivity index (χ3n) is 1.78. The van der Waals surface area contributed by atoms with Crippen LogP contribution in [-0.2, 0) is 12.7 Å². The lowest BCUT2D eigenvalue weighted by Crippen LogP contribution is -2.22. The minimum Gasteiger partial charge on any atom is -0.387 e. The van der Waals surface area contributed by atoms with Gasteiger partial charge in [-0.15, -0.1) is 13.2 Å². The molecule has 10 heteroatoms. The van der Waals surface area contributed by atoms with Gasteiger partial charge in [-0.25, -0.2) is 0 Å². The summed E-state index contributed by atoms with van der Waals surface area (Å²) in [7, 11) is 0. The number of hydrogen-bond acceptors (Lipinski definition) is 3. The SMILES string of the molecule is NCc1c(C(F)(F)F)cc(F)nc1OC(F)(F)F. The molecule has 1 aromatic rings. The Kier molecular flexibility index (Phi) is 3.70. The van der Waals surface area contributed by atoms with E-state index in [0.717, 1.165) is 0 Å². The first-order valence-corrected chi connectivity index (χ1v) is 4.27. The van der Waals surface area contributed by atoms with Gasteiger partial charge in [-0.2, -0.15) is 22.5 Å². The standard InChI is InChI=1S/C8H5F7N2O/c9-5-1-4(7(10,11)12)3(2-16)6(17-5)18-8(13,14)15/h1H,2,16H2. The van der Waals surface area contributed by atoms with Crippen LogP contribution >= 0.6 is 0 Å². The fraction of sp³-hybridized carbons (Fsp3) is 0.375. The van der Waals surface area contributed by atoms with Crippen molar-refractivity contribution in [2.24, 2.45) is 5.73 Å². The monoisotopic (exact) mass is 278 g/mol. The lowest BCUT2D eigenvalue weighted by Gasteiger charge is -2.16. The number of pyridine rings is 1. The number of nitrogens with two attached hydrogens (primary N) is 1. The van der Waals surface area contributed by atoms with Crippen molar-refractivity contribution >= 4 is 0 Å². The van der Waals surface area contributed by atoms with Gasteiger partial charge < -0.3 is 10.5 Å². The molecule has 0 aliphatic rings. The van der Waals surface area contributed by atoms with Crippen molar-refractivity contribution < 1.29 is 35.5 Å². The highest BCUT2D eigenvalue weighted by Gasteiger charge is 2.39. The molecule has 1 heterocycles. The van der Waals surface area contributed by atoms with Crippen molar-refractivity contribution in [2.45, 2.75) is 19.1 Å². The predicted molar refractivity (Wildman–Crippen MR) is 43.8 cm³/mol. The average molecular weight is 278 g/mol. The first kappa shape index (κ1) is 14.5. The Bertz CT molecular complexity index is 440. The molecule has 0 spiro atoms. The Balaban J connectivity index is 3.39.